The Hall–Kier alpha value is -2.78. The van der Waals surface area contributed by atoms with Crippen molar-refractivity contribution in [2.45, 2.75) is 13.8 Å². The van der Waals surface area contributed by atoms with E-state index in [-0.39, 0.29) is 16.4 Å². The molecule has 0 aliphatic carbocycles. The molecule has 0 radical (unpaired) electrons. The van der Waals surface area contributed by atoms with Gasteiger partial charge in [-0.3, -0.25) is 14.9 Å². The summed E-state index contributed by atoms with van der Waals surface area (Å²) in [7, 11) is 0. The number of carbonyl (C=O) groups excluding carboxylic acids is 2. The maximum absolute atomic E-state index is 14.3. The lowest BCUT2D eigenvalue weighted by Gasteiger charge is -2.29. The minimum atomic E-state index is -0.725. The number of hydrogen-bond donors (Lipinski definition) is 1. The van der Waals surface area contributed by atoms with Crippen LogP contribution in [0.1, 0.15) is 19.4 Å². The molecule has 30 heavy (non-hydrogen) atoms. The van der Waals surface area contributed by atoms with Crippen molar-refractivity contribution in [3.05, 3.63) is 57.8 Å². The minimum absolute atomic E-state index is 0.0405. The Bertz CT molecular complexity index is 1060. The second-order valence-electron chi connectivity index (χ2n) is 6.11. The molecule has 0 spiro atoms. The first-order valence-corrected chi connectivity index (χ1v) is 10.3. The summed E-state index contributed by atoms with van der Waals surface area (Å²) in [5, 5.41) is 2.25. The molecule has 0 aromatic heterocycles. The molecule has 2 amide bonds. The summed E-state index contributed by atoms with van der Waals surface area (Å²) in [4.78, 5) is 26.5. The lowest BCUT2D eigenvalue weighted by atomic mass is 10.1. The zero-order valence-electron chi connectivity index (χ0n) is 16.2. The van der Waals surface area contributed by atoms with Gasteiger partial charge >= 0.3 is 0 Å². The lowest BCUT2D eigenvalue weighted by Crippen LogP contribution is -2.54. The molecular formula is C21H18BrFN2O4S. The Labute approximate surface area is 186 Å². The highest BCUT2D eigenvalue weighted by Gasteiger charge is 2.35. The number of nitrogens with one attached hydrogen (secondary N) is 1. The van der Waals surface area contributed by atoms with Gasteiger partial charge in [-0.25, -0.2) is 9.29 Å². The van der Waals surface area contributed by atoms with Crippen LogP contribution in [-0.2, 0) is 9.59 Å². The van der Waals surface area contributed by atoms with E-state index < -0.39 is 17.6 Å². The Morgan fingerprint density at radius 3 is 2.53 bits per heavy atom. The normalized spacial score (nSPS) is 15.4. The maximum Gasteiger partial charge on any atom is 0.270 e. The number of hydrogen-bond acceptors (Lipinski definition) is 5. The van der Waals surface area contributed by atoms with Crippen molar-refractivity contribution in [1.29, 1.82) is 0 Å². The molecule has 1 N–H and O–H groups in total. The van der Waals surface area contributed by atoms with Gasteiger partial charge in [0.25, 0.3) is 11.8 Å². The molecule has 1 fully saturated rings. The summed E-state index contributed by atoms with van der Waals surface area (Å²) in [5.41, 5.74) is 0.292. The van der Waals surface area contributed by atoms with Crippen molar-refractivity contribution in [2.24, 2.45) is 0 Å². The number of para-hydroxylation sites is 1. The molecule has 1 heterocycles. The third kappa shape index (κ3) is 4.36. The van der Waals surface area contributed by atoms with Crippen molar-refractivity contribution < 1.29 is 23.5 Å². The van der Waals surface area contributed by atoms with E-state index in [0.717, 1.165) is 4.90 Å². The number of benzene rings is 2. The van der Waals surface area contributed by atoms with Crippen molar-refractivity contribution in [1.82, 2.24) is 5.32 Å². The molecule has 1 aliphatic heterocycles. The first-order chi connectivity index (χ1) is 14.4. The summed E-state index contributed by atoms with van der Waals surface area (Å²) < 4.78 is 26.1. The standard InChI is InChI=1S/C21H18BrFN2O4S/c1-3-28-17-11-12(10-14(22)18(17)29-4-2)9-13-19(26)24-21(30)25(20(13)27)16-8-6-5-7-15(16)23/h5-11H,3-4H2,1-2H3,(H,24,26,30)/b13-9+. The van der Waals surface area contributed by atoms with E-state index in [9.17, 15) is 14.0 Å². The molecular weight excluding hydrogens is 475 g/mol. The van der Waals surface area contributed by atoms with E-state index in [1.54, 1.807) is 18.2 Å². The smallest absolute Gasteiger partial charge is 0.270 e. The molecule has 0 bridgehead atoms. The van der Waals surface area contributed by atoms with Crippen LogP contribution in [0.2, 0.25) is 0 Å². The number of halogens is 2. The van der Waals surface area contributed by atoms with Crippen LogP contribution in [0, 0.1) is 5.82 Å². The topological polar surface area (TPSA) is 67.9 Å². The molecule has 9 heteroatoms. The predicted molar refractivity (Wildman–Crippen MR) is 119 cm³/mol. The van der Waals surface area contributed by atoms with Crippen LogP contribution in [0.4, 0.5) is 10.1 Å². The van der Waals surface area contributed by atoms with Gasteiger partial charge in [-0.15, -0.1) is 0 Å². The number of thiocarbonyl (C=S) groups is 1. The Kier molecular flexibility index (Phi) is 6.84. The molecule has 2 aromatic carbocycles. The highest BCUT2D eigenvalue weighted by Crippen LogP contribution is 2.38. The minimum Gasteiger partial charge on any atom is -0.490 e. The summed E-state index contributed by atoms with van der Waals surface area (Å²) in [6.45, 7) is 4.53. The van der Waals surface area contributed by atoms with Crippen molar-refractivity contribution >= 4 is 56.8 Å². The molecule has 0 unspecified atom stereocenters. The SMILES string of the molecule is CCOc1cc(/C=C2\C(=O)NC(=S)N(c3ccccc3F)C2=O)cc(Br)c1OCC. The number of amides is 2. The Balaban J connectivity index is 2.05. The van der Waals surface area contributed by atoms with Crippen LogP contribution in [0.15, 0.2) is 46.4 Å². The van der Waals surface area contributed by atoms with Crippen LogP contribution in [0.5, 0.6) is 11.5 Å². The number of nitrogens with zero attached hydrogens (tertiary/aromatic N) is 1. The van der Waals surface area contributed by atoms with Gasteiger partial charge in [-0.1, -0.05) is 12.1 Å². The summed E-state index contributed by atoms with van der Waals surface area (Å²) in [6, 6.07) is 9.05. The van der Waals surface area contributed by atoms with Crippen molar-refractivity contribution in [3.63, 3.8) is 0 Å². The van der Waals surface area contributed by atoms with Crippen molar-refractivity contribution in [3.8, 4) is 11.5 Å². The van der Waals surface area contributed by atoms with E-state index >= 15 is 0 Å². The summed E-state index contributed by atoms with van der Waals surface area (Å²) in [5.74, 6) is -1.04. The quantitative estimate of drug-likeness (QED) is 0.371. The number of rotatable bonds is 6. The molecule has 3 rings (SSSR count). The highest BCUT2D eigenvalue weighted by molar-refractivity contribution is 9.10. The zero-order chi connectivity index (χ0) is 21.8. The van der Waals surface area contributed by atoms with Gasteiger partial charge in [0, 0.05) is 0 Å². The van der Waals surface area contributed by atoms with E-state index in [1.807, 2.05) is 13.8 Å². The number of anilines is 1. The first-order valence-electron chi connectivity index (χ1n) is 9.12. The van der Waals surface area contributed by atoms with Gasteiger partial charge in [-0.05, 0) is 77.9 Å². The molecule has 1 saturated heterocycles. The fraction of sp³-hybridized carbons (Fsp3) is 0.190. The van der Waals surface area contributed by atoms with E-state index in [1.165, 1.54) is 24.3 Å². The molecule has 0 saturated carbocycles. The van der Waals surface area contributed by atoms with Crippen molar-refractivity contribution in [2.75, 3.05) is 18.1 Å². The number of carbonyl (C=O) groups is 2. The molecule has 2 aromatic rings. The van der Waals surface area contributed by atoms with Gasteiger partial charge in [0.05, 0.1) is 23.4 Å². The first kappa shape index (κ1) is 21.9. The number of ether oxygens (including phenoxy) is 2. The highest BCUT2D eigenvalue weighted by atomic mass is 79.9. The average Bonchev–Trinajstić information content (AvgIpc) is 2.69. The predicted octanol–water partition coefficient (Wildman–Crippen LogP) is 4.22. The van der Waals surface area contributed by atoms with Crippen LogP contribution in [-0.4, -0.2) is 30.1 Å². The second kappa shape index (κ2) is 9.36. The van der Waals surface area contributed by atoms with Crippen LogP contribution in [0.3, 0.4) is 0 Å². The third-order valence-electron chi connectivity index (χ3n) is 4.13. The van der Waals surface area contributed by atoms with E-state index in [4.69, 9.17) is 21.7 Å². The van der Waals surface area contributed by atoms with E-state index in [2.05, 4.69) is 21.2 Å². The van der Waals surface area contributed by atoms with Crippen LogP contribution < -0.4 is 19.7 Å². The van der Waals surface area contributed by atoms with Gasteiger partial charge in [0.2, 0.25) is 0 Å². The molecule has 6 nitrogen and oxygen atoms in total. The monoisotopic (exact) mass is 492 g/mol. The maximum atomic E-state index is 14.3. The third-order valence-corrected chi connectivity index (χ3v) is 5.00. The fourth-order valence-corrected chi connectivity index (χ4v) is 3.74. The molecule has 156 valence electrons. The fourth-order valence-electron chi connectivity index (χ4n) is 2.89. The summed E-state index contributed by atoms with van der Waals surface area (Å²) in [6.07, 6.45) is 1.40. The van der Waals surface area contributed by atoms with Gasteiger partial charge < -0.3 is 9.47 Å². The largest absolute Gasteiger partial charge is 0.490 e. The Morgan fingerprint density at radius 1 is 1.17 bits per heavy atom. The van der Waals surface area contributed by atoms with Gasteiger partial charge in [0.15, 0.2) is 16.6 Å². The second-order valence-corrected chi connectivity index (χ2v) is 7.35. The van der Waals surface area contributed by atoms with E-state index in [0.29, 0.717) is 34.7 Å². The average molecular weight is 493 g/mol. The van der Waals surface area contributed by atoms with Gasteiger partial charge in [-0.2, -0.15) is 0 Å². The Morgan fingerprint density at radius 2 is 1.87 bits per heavy atom. The van der Waals surface area contributed by atoms with Crippen LogP contribution in [0.25, 0.3) is 6.08 Å². The van der Waals surface area contributed by atoms with Crippen LogP contribution >= 0.6 is 28.1 Å². The van der Waals surface area contributed by atoms with Gasteiger partial charge in [0.1, 0.15) is 11.4 Å². The summed E-state index contributed by atoms with van der Waals surface area (Å²) >= 11 is 8.53. The molecule has 0 atom stereocenters. The molecule has 1 aliphatic rings. The zero-order valence-corrected chi connectivity index (χ0v) is 18.6. The lowest BCUT2D eigenvalue weighted by molar-refractivity contribution is -0.122.